The largest absolute Gasteiger partial charge is 0.394 e. The van der Waals surface area contributed by atoms with E-state index in [1.165, 1.54) is 0 Å². The van der Waals surface area contributed by atoms with Crippen LogP contribution in [0.4, 0.5) is 0 Å². The first-order chi connectivity index (χ1) is 15.3. The van der Waals surface area contributed by atoms with Crippen molar-refractivity contribution in [2.45, 2.75) is 64.5 Å². The Hall–Kier alpha value is -1.81. The van der Waals surface area contributed by atoms with Gasteiger partial charge in [0, 0.05) is 22.4 Å². The van der Waals surface area contributed by atoms with Gasteiger partial charge in [0.25, 0.3) is 0 Å². The third-order valence-corrected chi connectivity index (χ3v) is 6.48. The SMILES string of the molecule is C=CCCC[C@H](c1cccc(Cl)c1)C(c1ccc(Cl)cc1)N(C(=O)CC)C(CO)C(C)C. The average molecular weight is 476 g/mol. The lowest BCUT2D eigenvalue weighted by molar-refractivity contribution is -0.139. The number of aliphatic hydroxyl groups excluding tert-OH is 1. The molecular weight excluding hydrogens is 441 g/mol. The molecule has 0 radical (unpaired) electrons. The number of aliphatic hydroxyl groups is 1. The number of amides is 1. The van der Waals surface area contributed by atoms with Crippen LogP contribution in [0.1, 0.15) is 69.5 Å². The van der Waals surface area contributed by atoms with Gasteiger partial charge in [-0.3, -0.25) is 4.79 Å². The van der Waals surface area contributed by atoms with Crippen LogP contribution in [0.25, 0.3) is 0 Å². The molecule has 3 atom stereocenters. The van der Waals surface area contributed by atoms with E-state index in [0.717, 1.165) is 30.4 Å². The molecule has 0 spiro atoms. The molecule has 5 heteroatoms. The van der Waals surface area contributed by atoms with E-state index >= 15 is 0 Å². The molecule has 0 heterocycles. The fraction of sp³-hybridized carbons (Fsp3) is 0.444. The fourth-order valence-electron chi connectivity index (χ4n) is 4.32. The van der Waals surface area contributed by atoms with Gasteiger partial charge in [-0.2, -0.15) is 0 Å². The summed E-state index contributed by atoms with van der Waals surface area (Å²) in [7, 11) is 0. The Morgan fingerprint density at radius 3 is 2.31 bits per heavy atom. The lowest BCUT2D eigenvalue weighted by Gasteiger charge is -2.43. The molecular formula is C27H35Cl2NO2. The molecule has 1 amide bonds. The standard InChI is InChI=1S/C27H35Cl2NO2/c1-5-7-8-12-24(21-10-9-11-23(29)17-21)27(20-13-15-22(28)16-14-20)30(26(32)6-2)25(18-31)19(3)4/h5,9-11,13-17,19,24-25,27,31H,1,6-8,12,18H2,2-4H3/t24-,25?,27?/m1/s1. The van der Waals surface area contributed by atoms with E-state index < -0.39 is 0 Å². The number of benzene rings is 2. The van der Waals surface area contributed by atoms with Gasteiger partial charge in [-0.25, -0.2) is 0 Å². The van der Waals surface area contributed by atoms with Crippen LogP contribution in [0, 0.1) is 5.92 Å². The lowest BCUT2D eigenvalue weighted by atomic mass is 9.81. The normalized spacial score (nSPS) is 14.1. The number of allylic oxidation sites excluding steroid dienone is 1. The van der Waals surface area contributed by atoms with Crippen LogP contribution in [0.15, 0.2) is 61.2 Å². The molecule has 2 aromatic carbocycles. The van der Waals surface area contributed by atoms with Crippen molar-refractivity contribution >= 4 is 29.1 Å². The van der Waals surface area contributed by atoms with Gasteiger partial charge >= 0.3 is 0 Å². The summed E-state index contributed by atoms with van der Waals surface area (Å²) in [5.74, 6) is 0.116. The highest BCUT2D eigenvalue weighted by atomic mass is 35.5. The molecule has 0 aliphatic heterocycles. The van der Waals surface area contributed by atoms with Crippen molar-refractivity contribution in [2.24, 2.45) is 5.92 Å². The minimum absolute atomic E-state index is 0.00174. The van der Waals surface area contributed by atoms with Crippen molar-refractivity contribution in [1.29, 1.82) is 0 Å². The van der Waals surface area contributed by atoms with Crippen LogP contribution in [0.3, 0.4) is 0 Å². The summed E-state index contributed by atoms with van der Waals surface area (Å²) < 4.78 is 0. The molecule has 0 saturated heterocycles. The Bertz CT molecular complexity index is 866. The van der Waals surface area contributed by atoms with Crippen molar-refractivity contribution in [2.75, 3.05) is 6.61 Å². The third kappa shape index (κ3) is 6.84. The second-order valence-electron chi connectivity index (χ2n) is 8.53. The van der Waals surface area contributed by atoms with Gasteiger partial charge in [0.15, 0.2) is 0 Å². The number of hydrogen-bond donors (Lipinski definition) is 1. The molecule has 2 unspecified atom stereocenters. The topological polar surface area (TPSA) is 40.5 Å². The minimum Gasteiger partial charge on any atom is -0.394 e. The maximum atomic E-state index is 13.4. The van der Waals surface area contributed by atoms with Crippen molar-refractivity contribution in [3.63, 3.8) is 0 Å². The Morgan fingerprint density at radius 2 is 1.78 bits per heavy atom. The van der Waals surface area contributed by atoms with E-state index in [9.17, 15) is 9.90 Å². The van der Waals surface area contributed by atoms with Crippen molar-refractivity contribution < 1.29 is 9.90 Å². The fourth-order valence-corrected chi connectivity index (χ4v) is 4.65. The molecule has 0 aliphatic rings. The monoisotopic (exact) mass is 475 g/mol. The van der Waals surface area contributed by atoms with Crippen LogP contribution in [-0.4, -0.2) is 28.6 Å². The lowest BCUT2D eigenvalue weighted by Crippen LogP contribution is -2.49. The summed E-state index contributed by atoms with van der Waals surface area (Å²) in [5.41, 5.74) is 2.08. The molecule has 0 aliphatic carbocycles. The molecule has 2 aromatic rings. The second kappa shape index (κ2) is 13.0. The molecule has 2 rings (SSSR count). The number of carbonyl (C=O) groups excluding carboxylic acids is 1. The summed E-state index contributed by atoms with van der Waals surface area (Å²) in [5, 5.41) is 11.6. The maximum Gasteiger partial charge on any atom is 0.223 e. The zero-order chi connectivity index (χ0) is 23.7. The molecule has 1 N–H and O–H groups in total. The summed E-state index contributed by atoms with van der Waals surface area (Å²) >= 11 is 12.6. The Kier molecular flexibility index (Phi) is 10.8. The van der Waals surface area contributed by atoms with Crippen LogP contribution in [0.5, 0.6) is 0 Å². The van der Waals surface area contributed by atoms with Crippen LogP contribution in [0.2, 0.25) is 10.0 Å². The van der Waals surface area contributed by atoms with Crippen LogP contribution in [-0.2, 0) is 4.79 Å². The van der Waals surface area contributed by atoms with Crippen molar-refractivity contribution in [3.05, 3.63) is 82.4 Å². The quantitative estimate of drug-likeness (QED) is 0.256. The molecule has 174 valence electrons. The zero-order valence-electron chi connectivity index (χ0n) is 19.3. The van der Waals surface area contributed by atoms with E-state index in [1.807, 2.05) is 74.2 Å². The Morgan fingerprint density at radius 1 is 1.09 bits per heavy atom. The minimum atomic E-state index is -0.302. The van der Waals surface area contributed by atoms with Gasteiger partial charge < -0.3 is 10.0 Å². The molecule has 0 aromatic heterocycles. The summed E-state index contributed by atoms with van der Waals surface area (Å²) in [6, 6.07) is 15.0. The van der Waals surface area contributed by atoms with E-state index in [-0.39, 0.29) is 36.4 Å². The van der Waals surface area contributed by atoms with Crippen molar-refractivity contribution in [3.8, 4) is 0 Å². The van der Waals surface area contributed by atoms with Gasteiger partial charge in [0.2, 0.25) is 5.91 Å². The number of rotatable bonds is 12. The zero-order valence-corrected chi connectivity index (χ0v) is 20.8. The average Bonchev–Trinajstić information content (AvgIpc) is 2.77. The maximum absolute atomic E-state index is 13.4. The summed E-state index contributed by atoms with van der Waals surface area (Å²) in [4.78, 5) is 15.3. The predicted octanol–water partition coefficient (Wildman–Crippen LogP) is 7.43. The molecule has 0 fully saturated rings. The number of hydrogen-bond acceptors (Lipinski definition) is 2. The number of nitrogens with zero attached hydrogens (tertiary/aromatic N) is 1. The van der Waals surface area contributed by atoms with Crippen LogP contribution >= 0.6 is 23.2 Å². The molecule has 32 heavy (non-hydrogen) atoms. The first kappa shape index (κ1) is 26.4. The van der Waals surface area contributed by atoms with Gasteiger partial charge in [-0.15, -0.1) is 6.58 Å². The van der Waals surface area contributed by atoms with E-state index in [4.69, 9.17) is 23.2 Å². The van der Waals surface area contributed by atoms with E-state index in [1.54, 1.807) is 0 Å². The van der Waals surface area contributed by atoms with E-state index in [2.05, 4.69) is 12.6 Å². The highest BCUT2D eigenvalue weighted by Gasteiger charge is 2.37. The van der Waals surface area contributed by atoms with Crippen molar-refractivity contribution in [1.82, 2.24) is 4.90 Å². The second-order valence-corrected chi connectivity index (χ2v) is 9.40. The van der Waals surface area contributed by atoms with Gasteiger partial charge in [-0.05, 0) is 60.6 Å². The third-order valence-electron chi connectivity index (χ3n) is 6.00. The Labute approximate surface area is 203 Å². The highest BCUT2D eigenvalue weighted by Crippen LogP contribution is 2.42. The van der Waals surface area contributed by atoms with Gasteiger partial charge in [-0.1, -0.05) is 74.3 Å². The van der Waals surface area contributed by atoms with E-state index in [0.29, 0.717) is 16.5 Å². The number of unbranched alkanes of at least 4 members (excludes halogenated alkanes) is 1. The summed E-state index contributed by atoms with van der Waals surface area (Å²) in [6.45, 7) is 9.73. The molecule has 0 bridgehead atoms. The first-order valence-corrected chi connectivity index (χ1v) is 12.1. The van der Waals surface area contributed by atoms with Gasteiger partial charge in [0.1, 0.15) is 0 Å². The first-order valence-electron chi connectivity index (χ1n) is 11.4. The Balaban J connectivity index is 2.72. The smallest absolute Gasteiger partial charge is 0.223 e. The molecule has 0 saturated carbocycles. The predicted molar refractivity (Wildman–Crippen MR) is 135 cm³/mol. The highest BCUT2D eigenvalue weighted by molar-refractivity contribution is 6.30. The number of halogens is 2. The molecule has 3 nitrogen and oxygen atoms in total. The van der Waals surface area contributed by atoms with Gasteiger partial charge in [0.05, 0.1) is 18.7 Å². The summed E-state index contributed by atoms with van der Waals surface area (Å²) in [6.07, 6.45) is 4.96. The number of carbonyl (C=O) groups is 1. The van der Waals surface area contributed by atoms with Crippen LogP contribution < -0.4 is 0 Å².